The first-order chi connectivity index (χ1) is 10.4. The third-order valence-corrected chi connectivity index (χ3v) is 5.45. The molecule has 1 amide bonds. The van der Waals surface area contributed by atoms with Gasteiger partial charge in [0.1, 0.15) is 0 Å². The van der Waals surface area contributed by atoms with E-state index in [4.69, 9.17) is 0 Å². The summed E-state index contributed by atoms with van der Waals surface area (Å²) in [6.45, 7) is 10.2. The normalized spacial score (nSPS) is 27.3. The van der Waals surface area contributed by atoms with Crippen molar-refractivity contribution < 1.29 is 4.79 Å². The quantitative estimate of drug-likeness (QED) is 0.799. The SMILES string of the molecule is CC[C@@H](C)N1C[C@@]2(CCCN(Cc3cc(C)nn3C)C2)C1=O. The lowest BCUT2D eigenvalue weighted by Gasteiger charge is -2.55. The Morgan fingerprint density at radius 3 is 2.77 bits per heavy atom. The topological polar surface area (TPSA) is 41.4 Å². The van der Waals surface area contributed by atoms with Crippen molar-refractivity contribution in [1.82, 2.24) is 19.6 Å². The lowest BCUT2D eigenvalue weighted by molar-refractivity contribution is -0.170. The fourth-order valence-electron chi connectivity index (χ4n) is 3.96. The van der Waals surface area contributed by atoms with Crippen LogP contribution in [0.1, 0.15) is 44.5 Å². The summed E-state index contributed by atoms with van der Waals surface area (Å²) in [6.07, 6.45) is 3.22. The molecular formula is C17H28N4O. The van der Waals surface area contributed by atoms with Crippen molar-refractivity contribution in [2.45, 2.75) is 52.6 Å². The number of aryl methyl sites for hydroxylation is 2. The van der Waals surface area contributed by atoms with Crippen LogP contribution in [0.5, 0.6) is 0 Å². The van der Waals surface area contributed by atoms with E-state index in [-0.39, 0.29) is 5.41 Å². The van der Waals surface area contributed by atoms with E-state index in [0.717, 1.165) is 51.1 Å². The Bertz CT molecular complexity index is 567. The van der Waals surface area contributed by atoms with Gasteiger partial charge < -0.3 is 4.90 Å². The number of hydrogen-bond donors (Lipinski definition) is 0. The molecule has 2 fully saturated rings. The van der Waals surface area contributed by atoms with Gasteiger partial charge in [-0.15, -0.1) is 0 Å². The molecule has 5 nitrogen and oxygen atoms in total. The minimum absolute atomic E-state index is 0.102. The summed E-state index contributed by atoms with van der Waals surface area (Å²) in [4.78, 5) is 17.2. The Morgan fingerprint density at radius 1 is 1.41 bits per heavy atom. The van der Waals surface area contributed by atoms with E-state index in [1.165, 1.54) is 5.69 Å². The largest absolute Gasteiger partial charge is 0.338 e. The fourth-order valence-corrected chi connectivity index (χ4v) is 3.96. The molecule has 0 N–H and O–H groups in total. The summed E-state index contributed by atoms with van der Waals surface area (Å²) in [5.74, 6) is 0.382. The Labute approximate surface area is 133 Å². The Kier molecular flexibility index (Phi) is 4.02. The molecule has 0 bridgehead atoms. The molecule has 1 aromatic heterocycles. The monoisotopic (exact) mass is 304 g/mol. The zero-order valence-corrected chi connectivity index (χ0v) is 14.3. The Morgan fingerprint density at radius 2 is 2.18 bits per heavy atom. The predicted molar refractivity (Wildman–Crippen MR) is 86.4 cm³/mol. The minimum Gasteiger partial charge on any atom is -0.338 e. The summed E-state index contributed by atoms with van der Waals surface area (Å²) in [5, 5.41) is 4.42. The molecule has 0 aromatic carbocycles. The number of carbonyl (C=O) groups excluding carboxylic acids is 1. The molecule has 3 rings (SSSR count). The number of likely N-dealkylation sites (tertiary alicyclic amines) is 2. The van der Waals surface area contributed by atoms with Crippen LogP contribution in [0, 0.1) is 12.3 Å². The van der Waals surface area contributed by atoms with Gasteiger partial charge in [0.25, 0.3) is 0 Å². The van der Waals surface area contributed by atoms with Crippen LogP contribution in [0.3, 0.4) is 0 Å². The van der Waals surface area contributed by atoms with Gasteiger partial charge in [0.2, 0.25) is 5.91 Å². The first-order valence-electron chi connectivity index (χ1n) is 8.48. The highest BCUT2D eigenvalue weighted by Gasteiger charge is 2.54. The van der Waals surface area contributed by atoms with E-state index in [0.29, 0.717) is 11.9 Å². The number of β-lactam (4-membered cyclic amide) rings is 1. The van der Waals surface area contributed by atoms with Gasteiger partial charge >= 0.3 is 0 Å². The summed E-state index contributed by atoms with van der Waals surface area (Å²) in [7, 11) is 2.00. The van der Waals surface area contributed by atoms with Crippen molar-refractivity contribution in [2.75, 3.05) is 19.6 Å². The van der Waals surface area contributed by atoms with Crippen LogP contribution in [-0.4, -0.2) is 51.2 Å². The van der Waals surface area contributed by atoms with Crippen LogP contribution in [0.25, 0.3) is 0 Å². The predicted octanol–water partition coefficient (Wildman–Crippen LogP) is 1.95. The van der Waals surface area contributed by atoms with Crippen molar-refractivity contribution in [2.24, 2.45) is 12.5 Å². The number of carbonyl (C=O) groups is 1. The highest BCUT2D eigenvalue weighted by molar-refractivity contribution is 5.89. The lowest BCUT2D eigenvalue weighted by atomic mass is 9.71. The van der Waals surface area contributed by atoms with Crippen molar-refractivity contribution in [3.05, 3.63) is 17.5 Å². The highest BCUT2D eigenvalue weighted by Crippen LogP contribution is 2.42. The highest BCUT2D eigenvalue weighted by atomic mass is 16.2. The summed E-state index contributed by atoms with van der Waals surface area (Å²) < 4.78 is 1.96. The summed E-state index contributed by atoms with van der Waals surface area (Å²) in [5.41, 5.74) is 2.20. The average Bonchev–Trinajstić information content (AvgIpc) is 2.82. The van der Waals surface area contributed by atoms with Crippen molar-refractivity contribution in [3.8, 4) is 0 Å². The molecule has 22 heavy (non-hydrogen) atoms. The summed E-state index contributed by atoms with van der Waals surface area (Å²) in [6, 6.07) is 2.53. The number of nitrogens with zero attached hydrogens (tertiary/aromatic N) is 4. The third kappa shape index (κ3) is 2.56. The molecule has 2 atom stereocenters. The van der Waals surface area contributed by atoms with E-state index in [1.807, 2.05) is 18.7 Å². The van der Waals surface area contributed by atoms with E-state index in [9.17, 15) is 4.79 Å². The Balaban J connectivity index is 1.65. The van der Waals surface area contributed by atoms with Crippen LogP contribution in [-0.2, 0) is 18.4 Å². The first-order valence-corrected chi connectivity index (χ1v) is 8.48. The smallest absolute Gasteiger partial charge is 0.232 e. The molecule has 0 radical (unpaired) electrons. The molecule has 5 heteroatoms. The van der Waals surface area contributed by atoms with E-state index >= 15 is 0 Å². The van der Waals surface area contributed by atoms with Gasteiger partial charge in [0.15, 0.2) is 0 Å². The second kappa shape index (κ2) is 5.69. The third-order valence-electron chi connectivity index (χ3n) is 5.45. The molecule has 1 aromatic rings. The fraction of sp³-hybridized carbons (Fsp3) is 0.765. The van der Waals surface area contributed by atoms with Crippen molar-refractivity contribution in [1.29, 1.82) is 0 Å². The maximum absolute atomic E-state index is 12.7. The molecule has 1 spiro atoms. The molecule has 0 saturated carbocycles. The molecular weight excluding hydrogens is 276 g/mol. The van der Waals surface area contributed by atoms with Crippen LogP contribution >= 0.6 is 0 Å². The molecule has 3 heterocycles. The number of rotatable bonds is 4. The number of amides is 1. The van der Waals surface area contributed by atoms with E-state index < -0.39 is 0 Å². The zero-order valence-electron chi connectivity index (χ0n) is 14.3. The van der Waals surface area contributed by atoms with Gasteiger partial charge in [0, 0.05) is 32.7 Å². The van der Waals surface area contributed by atoms with Crippen molar-refractivity contribution >= 4 is 5.91 Å². The maximum atomic E-state index is 12.7. The number of aromatic nitrogens is 2. The number of piperidine rings is 1. The van der Waals surface area contributed by atoms with Gasteiger partial charge in [-0.1, -0.05) is 6.92 Å². The van der Waals surface area contributed by atoms with E-state index in [1.54, 1.807) is 0 Å². The average molecular weight is 304 g/mol. The second-order valence-electron chi connectivity index (χ2n) is 7.19. The molecule has 2 aliphatic rings. The second-order valence-corrected chi connectivity index (χ2v) is 7.19. The lowest BCUT2D eigenvalue weighted by Crippen LogP contribution is -2.68. The standard InChI is InChI=1S/C17H28N4O/c1-5-14(3)21-12-17(16(21)22)7-6-8-20(11-17)10-15-9-13(2)18-19(15)4/h9,14H,5-8,10-12H2,1-4H3/t14-,17+/m1/s1. The van der Waals surface area contributed by atoms with Gasteiger partial charge in [0.05, 0.1) is 16.8 Å². The molecule has 2 saturated heterocycles. The van der Waals surface area contributed by atoms with Gasteiger partial charge in [-0.25, -0.2) is 0 Å². The number of hydrogen-bond acceptors (Lipinski definition) is 3. The molecule has 122 valence electrons. The van der Waals surface area contributed by atoms with E-state index in [2.05, 4.69) is 34.8 Å². The van der Waals surface area contributed by atoms with Crippen molar-refractivity contribution in [3.63, 3.8) is 0 Å². The zero-order chi connectivity index (χ0) is 15.9. The minimum atomic E-state index is -0.102. The van der Waals surface area contributed by atoms with Crippen LogP contribution < -0.4 is 0 Å². The van der Waals surface area contributed by atoms with Gasteiger partial charge in [-0.05, 0) is 45.7 Å². The van der Waals surface area contributed by atoms with Crippen LogP contribution in [0.4, 0.5) is 0 Å². The van der Waals surface area contributed by atoms with Gasteiger partial charge in [-0.2, -0.15) is 5.10 Å². The molecule has 0 unspecified atom stereocenters. The summed E-state index contributed by atoms with van der Waals surface area (Å²) >= 11 is 0. The van der Waals surface area contributed by atoms with Crippen LogP contribution in [0.2, 0.25) is 0 Å². The van der Waals surface area contributed by atoms with Crippen LogP contribution in [0.15, 0.2) is 6.07 Å². The van der Waals surface area contributed by atoms with Gasteiger partial charge in [-0.3, -0.25) is 14.4 Å². The molecule has 0 aliphatic carbocycles. The molecule has 2 aliphatic heterocycles. The Hall–Kier alpha value is -1.36. The maximum Gasteiger partial charge on any atom is 0.232 e. The first kappa shape index (κ1) is 15.5.